The Kier molecular flexibility index (Phi) is 4.98. The minimum Gasteiger partial charge on any atom is -0.457 e. The largest absolute Gasteiger partial charge is 0.457 e. The van der Waals surface area contributed by atoms with Gasteiger partial charge in [-0.05, 0) is 61.0 Å². The predicted molar refractivity (Wildman–Crippen MR) is 124 cm³/mol. The molecule has 5 aromatic rings. The molecule has 6 heteroatoms. The van der Waals surface area contributed by atoms with Crippen LogP contribution in [-0.2, 0) is 0 Å². The molecule has 32 heavy (non-hydrogen) atoms. The molecule has 5 rings (SSSR count). The molecule has 0 aliphatic heterocycles. The maximum absolute atomic E-state index is 9.71. The molecule has 1 N–H and O–H groups in total. The van der Waals surface area contributed by atoms with Crippen molar-refractivity contribution in [3.05, 3.63) is 103 Å². The molecule has 0 amide bonds. The highest BCUT2D eigenvalue weighted by Crippen LogP contribution is 2.34. The Balaban J connectivity index is 1.51. The van der Waals surface area contributed by atoms with Crippen LogP contribution in [0.3, 0.4) is 0 Å². The summed E-state index contributed by atoms with van der Waals surface area (Å²) < 4.78 is 7.66. The molecule has 154 valence electrons. The second kappa shape index (κ2) is 8.25. The van der Waals surface area contributed by atoms with E-state index in [1.807, 2.05) is 85.9 Å². The van der Waals surface area contributed by atoms with E-state index in [9.17, 15) is 5.26 Å². The maximum Gasteiger partial charge on any atom is 0.127 e. The van der Waals surface area contributed by atoms with Crippen molar-refractivity contribution in [2.45, 2.75) is 6.92 Å². The van der Waals surface area contributed by atoms with Gasteiger partial charge in [0.1, 0.15) is 17.6 Å². The molecule has 3 aromatic heterocycles. The van der Waals surface area contributed by atoms with Gasteiger partial charge in [0, 0.05) is 23.6 Å². The molecular formula is C26H19N5O. The minimum atomic E-state index is 0.468. The Morgan fingerprint density at radius 1 is 0.938 bits per heavy atom. The van der Waals surface area contributed by atoms with Crippen LogP contribution in [-0.4, -0.2) is 14.6 Å². The van der Waals surface area contributed by atoms with Crippen LogP contribution in [0.2, 0.25) is 0 Å². The van der Waals surface area contributed by atoms with Gasteiger partial charge in [-0.2, -0.15) is 10.4 Å². The van der Waals surface area contributed by atoms with Crippen molar-refractivity contribution < 1.29 is 4.74 Å². The summed E-state index contributed by atoms with van der Waals surface area (Å²) in [6.07, 6.45) is 5.28. The Morgan fingerprint density at radius 2 is 1.69 bits per heavy atom. The number of nitrogens with zero attached hydrogens (tertiary/aromatic N) is 4. The molecule has 0 saturated carbocycles. The van der Waals surface area contributed by atoms with Crippen LogP contribution in [0.5, 0.6) is 11.5 Å². The Morgan fingerprint density at radius 3 is 2.41 bits per heavy atom. The van der Waals surface area contributed by atoms with Crippen LogP contribution < -0.4 is 10.1 Å². The standard InChI is InChI=1S/C26H19N5O/c1-18-23(24-9-5-6-14-28-24)17-31-26(18)25(19(15-27)16-29-31)30-20-10-12-22(13-11-20)32-21-7-3-2-4-8-21/h2-14,16-17,30H,1H3. The van der Waals surface area contributed by atoms with E-state index in [-0.39, 0.29) is 0 Å². The van der Waals surface area contributed by atoms with E-state index in [0.717, 1.165) is 39.5 Å². The number of ether oxygens (including phenoxy) is 1. The average molecular weight is 417 g/mol. The van der Waals surface area contributed by atoms with Crippen LogP contribution >= 0.6 is 0 Å². The van der Waals surface area contributed by atoms with Gasteiger partial charge in [-0.1, -0.05) is 24.3 Å². The van der Waals surface area contributed by atoms with Crippen molar-refractivity contribution in [3.8, 4) is 28.8 Å². The van der Waals surface area contributed by atoms with Crippen LogP contribution in [0, 0.1) is 18.3 Å². The summed E-state index contributed by atoms with van der Waals surface area (Å²) in [4.78, 5) is 4.46. The number of para-hydroxylation sites is 1. The van der Waals surface area contributed by atoms with Crippen molar-refractivity contribution in [1.29, 1.82) is 5.26 Å². The van der Waals surface area contributed by atoms with Gasteiger partial charge in [-0.25, -0.2) is 4.52 Å². The normalized spacial score (nSPS) is 10.6. The van der Waals surface area contributed by atoms with Crippen LogP contribution in [0.1, 0.15) is 11.1 Å². The zero-order valence-electron chi connectivity index (χ0n) is 17.4. The number of hydrogen-bond donors (Lipinski definition) is 1. The van der Waals surface area contributed by atoms with Gasteiger partial charge in [0.05, 0.1) is 28.7 Å². The number of aromatic nitrogens is 3. The van der Waals surface area contributed by atoms with Gasteiger partial charge in [0.2, 0.25) is 0 Å². The molecule has 0 atom stereocenters. The van der Waals surface area contributed by atoms with Crippen molar-refractivity contribution in [1.82, 2.24) is 14.6 Å². The number of anilines is 2. The fraction of sp³-hybridized carbons (Fsp3) is 0.0385. The summed E-state index contributed by atoms with van der Waals surface area (Å²) in [6.45, 7) is 2.02. The molecule has 2 aromatic carbocycles. The van der Waals surface area contributed by atoms with Gasteiger partial charge in [0.15, 0.2) is 0 Å². The van der Waals surface area contributed by atoms with E-state index in [1.54, 1.807) is 16.9 Å². The smallest absolute Gasteiger partial charge is 0.127 e. The summed E-state index contributed by atoms with van der Waals surface area (Å²) in [5.41, 5.74) is 5.70. The first-order valence-electron chi connectivity index (χ1n) is 10.2. The zero-order chi connectivity index (χ0) is 21.9. The molecular weight excluding hydrogens is 398 g/mol. The van der Waals surface area contributed by atoms with Crippen molar-refractivity contribution >= 4 is 16.9 Å². The third kappa shape index (κ3) is 3.64. The van der Waals surface area contributed by atoms with Gasteiger partial charge < -0.3 is 10.1 Å². The monoisotopic (exact) mass is 417 g/mol. The lowest BCUT2D eigenvalue weighted by Crippen LogP contribution is -2.00. The highest BCUT2D eigenvalue weighted by Gasteiger charge is 2.17. The lowest BCUT2D eigenvalue weighted by atomic mass is 10.1. The second-order valence-corrected chi connectivity index (χ2v) is 7.29. The van der Waals surface area contributed by atoms with E-state index in [2.05, 4.69) is 21.5 Å². The van der Waals surface area contributed by atoms with Crippen molar-refractivity contribution in [2.75, 3.05) is 5.32 Å². The number of pyridine rings is 1. The predicted octanol–water partition coefficient (Wildman–Crippen LogP) is 6.11. The summed E-state index contributed by atoms with van der Waals surface area (Å²) >= 11 is 0. The number of nitrogens with one attached hydrogen (secondary N) is 1. The number of benzene rings is 2. The minimum absolute atomic E-state index is 0.468. The fourth-order valence-electron chi connectivity index (χ4n) is 3.66. The van der Waals surface area contributed by atoms with Gasteiger partial charge >= 0.3 is 0 Å². The summed E-state index contributed by atoms with van der Waals surface area (Å²) in [5, 5.41) is 17.5. The number of fused-ring (bicyclic) bond motifs is 1. The molecule has 0 bridgehead atoms. The SMILES string of the molecule is Cc1c(-c2ccccn2)cn2ncc(C#N)c(Nc3ccc(Oc4ccccc4)cc3)c12. The lowest BCUT2D eigenvalue weighted by molar-refractivity contribution is 0.483. The summed E-state index contributed by atoms with van der Waals surface area (Å²) in [5.74, 6) is 1.51. The van der Waals surface area contributed by atoms with E-state index < -0.39 is 0 Å². The molecule has 6 nitrogen and oxygen atoms in total. The first-order valence-corrected chi connectivity index (χ1v) is 10.2. The van der Waals surface area contributed by atoms with Crippen LogP contribution in [0.4, 0.5) is 11.4 Å². The quantitative estimate of drug-likeness (QED) is 0.373. The van der Waals surface area contributed by atoms with Crippen molar-refractivity contribution in [3.63, 3.8) is 0 Å². The van der Waals surface area contributed by atoms with Crippen LogP contribution in [0.15, 0.2) is 91.4 Å². The van der Waals surface area contributed by atoms with Gasteiger partial charge in [-0.3, -0.25) is 4.98 Å². The molecule has 0 fully saturated rings. The molecule has 0 radical (unpaired) electrons. The van der Waals surface area contributed by atoms with Crippen LogP contribution in [0.25, 0.3) is 16.8 Å². The Bertz CT molecular complexity index is 1420. The summed E-state index contributed by atoms with van der Waals surface area (Å²) in [7, 11) is 0. The van der Waals surface area contributed by atoms with Gasteiger partial charge in [0.25, 0.3) is 0 Å². The summed E-state index contributed by atoms with van der Waals surface area (Å²) in [6, 6.07) is 25.3. The first-order chi connectivity index (χ1) is 15.7. The topological polar surface area (TPSA) is 75.2 Å². The average Bonchev–Trinajstić information content (AvgIpc) is 3.18. The number of aryl methyl sites for hydroxylation is 1. The maximum atomic E-state index is 9.71. The number of rotatable bonds is 5. The third-order valence-electron chi connectivity index (χ3n) is 5.22. The third-order valence-corrected chi connectivity index (χ3v) is 5.22. The Labute approximate surface area is 185 Å². The zero-order valence-corrected chi connectivity index (χ0v) is 17.4. The molecule has 0 aliphatic rings. The second-order valence-electron chi connectivity index (χ2n) is 7.29. The number of nitriles is 1. The highest BCUT2D eigenvalue weighted by atomic mass is 16.5. The lowest BCUT2D eigenvalue weighted by Gasteiger charge is -2.12. The van der Waals surface area contributed by atoms with Crippen molar-refractivity contribution in [2.24, 2.45) is 0 Å². The van der Waals surface area contributed by atoms with E-state index in [1.165, 1.54) is 0 Å². The van der Waals surface area contributed by atoms with Gasteiger partial charge in [-0.15, -0.1) is 0 Å². The van der Waals surface area contributed by atoms with E-state index in [0.29, 0.717) is 11.3 Å². The Hall–Kier alpha value is -4.63. The molecule has 0 aliphatic carbocycles. The fourth-order valence-corrected chi connectivity index (χ4v) is 3.66. The van der Waals surface area contributed by atoms with E-state index >= 15 is 0 Å². The van der Waals surface area contributed by atoms with E-state index in [4.69, 9.17) is 4.74 Å². The first kappa shape index (κ1) is 19.3. The highest BCUT2D eigenvalue weighted by molar-refractivity contribution is 5.88. The molecule has 0 saturated heterocycles. The molecule has 0 unspecified atom stereocenters. The molecule has 0 spiro atoms. The number of hydrogen-bond acceptors (Lipinski definition) is 5. The molecule has 3 heterocycles.